The quantitative estimate of drug-likeness (QED) is 0.250. The molecule has 0 aliphatic carbocycles. The standard InChI is InChI=1S/C31H29FN6O3/c1-18-16-21-12-14-34-29(28(21)30(39)38(18)23-8-6-22(32)7-9-23)35-25-10-11-26(20(3)19(25)2)41-24-13-15-33-27(17-24)36-31(40)37(4)5/h6-17H,1-5H3,(H,34,35)(H,33,36,40). The van der Waals surface area contributed by atoms with E-state index in [1.54, 1.807) is 61.4 Å². The van der Waals surface area contributed by atoms with E-state index in [9.17, 15) is 14.0 Å². The molecule has 0 aliphatic heterocycles. The smallest absolute Gasteiger partial charge is 0.322 e. The van der Waals surface area contributed by atoms with E-state index in [-0.39, 0.29) is 17.4 Å². The van der Waals surface area contributed by atoms with E-state index in [2.05, 4.69) is 20.6 Å². The highest BCUT2D eigenvalue weighted by molar-refractivity contribution is 5.93. The van der Waals surface area contributed by atoms with Crippen LogP contribution in [0.15, 0.2) is 77.9 Å². The zero-order valence-electron chi connectivity index (χ0n) is 23.3. The molecule has 5 aromatic rings. The van der Waals surface area contributed by atoms with E-state index in [0.29, 0.717) is 34.2 Å². The number of ether oxygens (including phenoxy) is 1. The van der Waals surface area contributed by atoms with E-state index in [1.165, 1.54) is 17.0 Å². The Hall–Kier alpha value is -5.25. The molecule has 3 aromatic heterocycles. The summed E-state index contributed by atoms with van der Waals surface area (Å²) < 4.78 is 21.2. The fraction of sp³-hybridized carbons (Fsp3) is 0.161. The summed E-state index contributed by atoms with van der Waals surface area (Å²) in [5.41, 5.74) is 3.58. The maximum absolute atomic E-state index is 13.7. The van der Waals surface area contributed by atoms with Crippen LogP contribution in [0.25, 0.3) is 16.5 Å². The molecule has 5 rings (SSSR count). The van der Waals surface area contributed by atoms with Gasteiger partial charge in [-0.1, -0.05) is 0 Å². The monoisotopic (exact) mass is 552 g/mol. The molecule has 9 nitrogen and oxygen atoms in total. The third-order valence-electron chi connectivity index (χ3n) is 6.79. The summed E-state index contributed by atoms with van der Waals surface area (Å²) in [6, 6.07) is 16.3. The Balaban J connectivity index is 1.47. The molecule has 0 spiro atoms. The van der Waals surface area contributed by atoms with Gasteiger partial charge in [-0.2, -0.15) is 0 Å². The number of carbonyl (C=O) groups excluding carboxylic acids is 1. The summed E-state index contributed by atoms with van der Waals surface area (Å²) >= 11 is 0. The van der Waals surface area contributed by atoms with Crippen molar-refractivity contribution in [2.45, 2.75) is 20.8 Å². The molecular formula is C31H29FN6O3. The number of halogens is 1. The molecule has 0 saturated heterocycles. The number of rotatable bonds is 6. The molecule has 10 heteroatoms. The van der Waals surface area contributed by atoms with Crippen LogP contribution in [-0.4, -0.2) is 39.6 Å². The van der Waals surface area contributed by atoms with Gasteiger partial charge in [0.2, 0.25) is 0 Å². The number of fused-ring (bicyclic) bond motifs is 1. The number of benzene rings is 2. The molecule has 0 fully saturated rings. The summed E-state index contributed by atoms with van der Waals surface area (Å²) in [5.74, 6) is 1.56. The van der Waals surface area contributed by atoms with Crippen LogP contribution in [-0.2, 0) is 0 Å². The minimum Gasteiger partial charge on any atom is -0.457 e. The summed E-state index contributed by atoms with van der Waals surface area (Å²) in [4.78, 5) is 35.8. The summed E-state index contributed by atoms with van der Waals surface area (Å²) in [5, 5.41) is 7.20. The normalized spacial score (nSPS) is 10.9. The minimum atomic E-state index is -0.372. The van der Waals surface area contributed by atoms with Crippen LogP contribution < -0.4 is 20.9 Å². The second-order valence-electron chi connectivity index (χ2n) is 9.82. The molecular weight excluding hydrogens is 523 g/mol. The number of nitrogens with zero attached hydrogens (tertiary/aromatic N) is 4. The van der Waals surface area contributed by atoms with Crippen LogP contribution in [0.5, 0.6) is 11.5 Å². The third kappa shape index (κ3) is 5.58. The number of amides is 2. The highest BCUT2D eigenvalue weighted by Gasteiger charge is 2.16. The first kappa shape index (κ1) is 27.3. The lowest BCUT2D eigenvalue weighted by atomic mass is 10.1. The molecule has 0 radical (unpaired) electrons. The highest BCUT2D eigenvalue weighted by Crippen LogP contribution is 2.33. The SMILES string of the molecule is Cc1c(Nc2nccc3cc(C)n(-c4ccc(F)cc4)c(=O)c23)ccc(Oc2ccnc(NC(=O)N(C)C)c2)c1C. The van der Waals surface area contributed by atoms with Crippen LogP contribution in [0.1, 0.15) is 16.8 Å². The lowest BCUT2D eigenvalue weighted by molar-refractivity contribution is 0.230. The van der Waals surface area contributed by atoms with Gasteiger partial charge in [0.25, 0.3) is 5.56 Å². The van der Waals surface area contributed by atoms with E-state index < -0.39 is 0 Å². The molecule has 0 aliphatic rings. The van der Waals surface area contributed by atoms with Crippen molar-refractivity contribution < 1.29 is 13.9 Å². The lowest BCUT2D eigenvalue weighted by Gasteiger charge is -2.17. The largest absolute Gasteiger partial charge is 0.457 e. The molecule has 208 valence electrons. The summed E-state index contributed by atoms with van der Waals surface area (Å²) in [6.45, 7) is 5.73. The average molecular weight is 553 g/mol. The fourth-order valence-corrected chi connectivity index (χ4v) is 4.45. The van der Waals surface area contributed by atoms with Gasteiger partial charge in [0.05, 0.1) is 5.39 Å². The number of nitrogens with one attached hydrogen (secondary N) is 2. The van der Waals surface area contributed by atoms with Crippen molar-refractivity contribution in [2.75, 3.05) is 24.7 Å². The maximum Gasteiger partial charge on any atom is 0.322 e. The minimum absolute atomic E-state index is 0.258. The van der Waals surface area contributed by atoms with Crippen LogP contribution in [0.4, 0.5) is 26.5 Å². The number of carbonyl (C=O) groups is 1. The predicted molar refractivity (Wildman–Crippen MR) is 158 cm³/mol. The van der Waals surface area contributed by atoms with Crippen molar-refractivity contribution in [3.8, 4) is 17.2 Å². The number of pyridine rings is 3. The Kier molecular flexibility index (Phi) is 7.39. The lowest BCUT2D eigenvalue weighted by Crippen LogP contribution is -2.27. The second-order valence-corrected chi connectivity index (χ2v) is 9.82. The molecule has 3 heterocycles. The number of aromatic nitrogens is 3. The van der Waals surface area contributed by atoms with Gasteiger partial charge in [-0.3, -0.25) is 14.7 Å². The Labute approximate surface area is 236 Å². The van der Waals surface area contributed by atoms with Gasteiger partial charge in [0, 0.05) is 49.6 Å². The van der Waals surface area contributed by atoms with Gasteiger partial charge in [-0.05, 0) is 91.9 Å². The first-order chi connectivity index (χ1) is 19.6. The fourth-order valence-electron chi connectivity index (χ4n) is 4.45. The molecule has 0 bridgehead atoms. The average Bonchev–Trinajstić information content (AvgIpc) is 2.94. The summed E-state index contributed by atoms with van der Waals surface area (Å²) in [7, 11) is 3.29. The predicted octanol–water partition coefficient (Wildman–Crippen LogP) is 6.47. The Morgan fingerprint density at radius 3 is 2.39 bits per heavy atom. The third-order valence-corrected chi connectivity index (χ3v) is 6.79. The first-order valence-corrected chi connectivity index (χ1v) is 12.9. The molecule has 2 amide bonds. The van der Waals surface area contributed by atoms with E-state index in [1.807, 2.05) is 39.0 Å². The van der Waals surface area contributed by atoms with Crippen molar-refractivity contribution >= 4 is 34.1 Å². The van der Waals surface area contributed by atoms with Crippen LogP contribution in [0, 0.1) is 26.6 Å². The van der Waals surface area contributed by atoms with E-state index in [0.717, 1.165) is 27.9 Å². The highest BCUT2D eigenvalue weighted by atomic mass is 19.1. The van der Waals surface area contributed by atoms with Crippen molar-refractivity contribution in [3.05, 3.63) is 106 Å². The van der Waals surface area contributed by atoms with E-state index >= 15 is 0 Å². The van der Waals surface area contributed by atoms with Crippen LogP contribution in [0.2, 0.25) is 0 Å². The Morgan fingerprint density at radius 2 is 1.66 bits per heavy atom. The van der Waals surface area contributed by atoms with Crippen LogP contribution >= 0.6 is 0 Å². The zero-order valence-corrected chi connectivity index (χ0v) is 23.3. The van der Waals surface area contributed by atoms with Gasteiger partial charge in [-0.15, -0.1) is 0 Å². The molecule has 41 heavy (non-hydrogen) atoms. The van der Waals surface area contributed by atoms with Gasteiger partial charge < -0.3 is 15.0 Å². The maximum atomic E-state index is 13.7. The number of anilines is 3. The second kappa shape index (κ2) is 11.1. The molecule has 0 atom stereocenters. The Morgan fingerprint density at radius 1 is 0.927 bits per heavy atom. The molecule has 2 N–H and O–H groups in total. The molecule has 0 unspecified atom stereocenters. The van der Waals surface area contributed by atoms with Crippen molar-refractivity contribution in [3.63, 3.8) is 0 Å². The molecule has 2 aromatic carbocycles. The number of hydrogen-bond acceptors (Lipinski definition) is 6. The van der Waals surface area contributed by atoms with Crippen LogP contribution in [0.3, 0.4) is 0 Å². The first-order valence-electron chi connectivity index (χ1n) is 12.9. The Bertz CT molecular complexity index is 1830. The number of hydrogen-bond donors (Lipinski definition) is 2. The summed E-state index contributed by atoms with van der Waals surface area (Å²) in [6.07, 6.45) is 3.22. The van der Waals surface area contributed by atoms with Crippen molar-refractivity contribution in [1.82, 2.24) is 19.4 Å². The van der Waals surface area contributed by atoms with Crippen molar-refractivity contribution in [1.29, 1.82) is 0 Å². The zero-order chi connectivity index (χ0) is 29.3. The van der Waals surface area contributed by atoms with Crippen molar-refractivity contribution in [2.24, 2.45) is 0 Å². The van der Waals surface area contributed by atoms with Gasteiger partial charge in [-0.25, -0.2) is 19.2 Å². The number of aryl methyl sites for hydroxylation is 1. The van der Waals surface area contributed by atoms with Gasteiger partial charge >= 0.3 is 6.03 Å². The van der Waals surface area contributed by atoms with E-state index in [4.69, 9.17) is 4.74 Å². The van der Waals surface area contributed by atoms with Gasteiger partial charge in [0.1, 0.15) is 29.0 Å². The van der Waals surface area contributed by atoms with Gasteiger partial charge in [0.15, 0.2) is 0 Å². The number of urea groups is 1. The topological polar surface area (TPSA) is 101 Å². The molecule has 0 saturated carbocycles.